The predicted octanol–water partition coefficient (Wildman–Crippen LogP) is 2.16. The molecule has 0 spiro atoms. The van der Waals surface area contributed by atoms with Crippen molar-refractivity contribution in [2.45, 2.75) is 19.6 Å². The molecule has 0 aromatic carbocycles. The van der Waals surface area contributed by atoms with E-state index in [1.165, 1.54) is 6.26 Å². The van der Waals surface area contributed by atoms with Gasteiger partial charge in [-0.3, -0.25) is 0 Å². The lowest BCUT2D eigenvalue weighted by Gasteiger charge is -1.98. The van der Waals surface area contributed by atoms with Crippen molar-refractivity contribution < 1.29 is 12.8 Å². The highest BCUT2D eigenvalue weighted by Crippen LogP contribution is 2.07. The maximum Gasteiger partial charge on any atom is 0.161 e. The summed E-state index contributed by atoms with van der Waals surface area (Å²) >= 11 is 0. The third-order valence-electron chi connectivity index (χ3n) is 1.69. The molecule has 0 radical (unpaired) electrons. The molecule has 0 saturated carbocycles. The van der Waals surface area contributed by atoms with Crippen LogP contribution < -0.4 is 0 Å². The molecule has 1 rings (SSSR count). The summed E-state index contributed by atoms with van der Waals surface area (Å²) in [7, 11) is -3.07. The standard InChI is InChI=1S/C10H14O3S/c1-9(2)5-7-14(11,12)8-10-4-3-6-13-10/h3-6H,7-8H2,1-2H3. The van der Waals surface area contributed by atoms with Crippen molar-refractivity contribution in [2.24, 2.45) is 0 Å². The number of sulfone groups is 1. The van der Waals surface area contributed by atoms with E-state index in [-0.39, 0.29) is 11.5 Å². The van der Waals surface area contributed by atoms with Crippen molar-refractivity contribution in [2.75, 3.05) is 5.75 Å². The van der Waals surface area contributed by atoms with Gasteiger partial charge in [0.2, 0.25) is 0 Å². The van der Waals surface area contributed by atoms with Crippen LogP contribution in [0.15, 0.2) is 34.5 Å². The molecule has 1 aromatic heterocycles. The van der Waals surface area contributed by atoms with Gasteiger partial charge in [-0.05, 0) is 26.0 Å². The van der Waals surface area contributed by atoms with Crippen LogP contribution in [0.2, 0.25) is 0 Å². The van der Waals surface area contributed by atoms with Crippen LogP contribution in [0.1, 0.15) is 19.6 Å². The molecule has 0 atom stereocenters. The Labute approximate surface area is 84.4 Å². The Balaban J connectivity index is 2.64. The third kappa shape index (κ3) is 3.79. The van der Waals surface area contributed by atoms with E-state index in [1.807, 2.05) is 13.8 Å². The molecule has 1 heterocycles. The topological polar surface area (TPSA) is 47.3 Å². The molecule has 78 valence electrons. The lowest BCUT2D eigenvalue weighted by molar-refractivity contribution is 0.521. The minimum Gasteiger partial charge on any atom is -0.468 e. The van der Waals surface area contributed by atoms with Crippen molar-refractivity contribution in [1.82, 2.24) is 0 Å². The van der Waals surface area contributed by atoms with Gasteiger partial charge in [0.05, 0.1) is 12.0 Å². The largest absolute Gasteiger partial charge is 0.468 e. The summed E-state index contributed by atoms with van der Waals surface area (Å²) in [6, 6.07) is 3.35. The van der Waals surface area contributed by atoms with Crippen LogP contribution in [0.5, 0.6) is 0 Å². The van der Waals surface area contributed by atoms with Crippen LogP contribution in [-0.4, -0.2) is 14.2 Å². The third-order valence-corrected chi connectivity index (χ3v) is 3.09. The van der Waals surface area contributed by atoms with E-state index in [4.69, 9.17) is 4.42 Å². The first kappa shape index (κ1) is 11.0. The van der Waals surface area contributed by atoms with Crippen LogP contribution in [0.25, 0.3) is 0 Å². The second kappa shape index (κ2) is 4.46. The molecule has 0 amide bonds. The zero-order valence-electron chi connectivity index (χ0n) is 8.36. The number of hydrogen-bond acceptors (Lipinski definition) is 3. The fraction of sp³-hybridized carbons (Fsp3) is 0.400. The molecular weight excluding hydrogens is 200 g/mol. The monoisotopic (exact) mass is 214 g/mol. The molecule has 0 fully saturated rings. The van der Waals surface area contributed by atoms with Gasteiger partial charge in [-0.25, -0.2) is 8.42 Å². The lowest BCUT2D eigenvalue weighted by Crippen LogP contribution is -2.07. The second-order valence-corrected chi connectivity index (χ2v) is 5.52. The van der Waals surface area contributed by atoms with Crippen molar-refractivity contribution in [3.05, 3.63) is 35.8 Å². The second-order valence-electron chi connectivity index (χ2n) is 3.42. The average Bonchev–Trinajstić information content (AvgIpc) is 2.53. The molecule has 0 bridgehead atoms. The molecule has 0 aliphatic heterocycles. The van der Waals surface area contributed by atoms with Crippen molar-refractivity contribution >= 4 is 9.84 Å². The molecular formula is C10H14O3S. The number of hydrogen-bond donors (Lipinski definition) is 0. The fourth-order valence-corrected chi connectivity index (χ4v) is 2.27. The minimum atomic E-state index is -3.07. The zero-order valence-corrected chi connectivity index (χ0v) is 9.17. The summed E-state index contributed by atoms with van der Waals surface area (Å²) in [6.45, 7) is 3.75. The predicted molar refractivity (Wildman–Crippen MR) is 55.6 cm³/mol. The van der Waals surface area contributed by atoms with E-state index >= 15 is 0 Å². The summed E-state index contributed by atoms with van der Waals surface area (Å²) in [5.41, 5.74) is 1.01. The molecule has 0 saturated heterocycles. The van der Waals surface area contributed by atoms with Gasteiger partial charge in [-0.15, -0.1) is 0 Å². The van der Waals surface area contributed by atoms with Crippen molar-refractivity contribution in [3.8, 4) is 0 Å². The SMILES string of the molecule is CC(C)=CCS(=O)(=O)Cc1ccco1. The maximum atomic E-state index is 11.5. The van der Waals surface area contributed by atoms with E-state index < -0.39 is 9.84 Å². The highest BCUT2D eigenvalue weighted by atomic mass is 32.2. The summed E-state index contributed by atoms with van der Waals surface area (Å²) in [5, 5.41) is 0. The van der Waals surface area contributed by atoms with Crippen molar-refractivity contribution in [3.63, 3.8) is 0 Å². The Morgan fingerprint density at radius 3 is 2.71 bits per heavy atom. The first-order valence-corrected chi connectivity index (χ1v) is 6.18. The van der Waals surface area contributed by atoms with Gasteiger partial charge in [0.1, 0.15) is 11.5 Å². The van der Waals surface area contributed by atoms with E-state index in [9.17, 15) is 8.42 Å². The molecule has 3 nitrogen and oxygen atoms in total. The van der Waals surface area contributed by atoms with Crippen LogP contribution in [-0.2, 0) is 15.6 Å². The first-order valence-electron chi connectivity index (χ1n) is 4.36. The summed E-state index contributed by atoms with van der Waals surface area (Å²) in [4.78, 5) is 0. The van der Waals surface area contributed by atoms with Crippen LogP contribution in [0, 0.1) is 0 Å². The summed E-state index contributed by atoms with van der Waals surface area (Å²) in [6.07, 6.45) is 3.18. The van der Waals surface area contributed by atoms with Gasteiger partial charge >= 0.3 is 0 Å². The summed E-state index contributed by atoms with van der Waals surface area (Å²) < 4.78 is 28.0. The Hall–Kier alpha value is -1.03. The maximum absolute atomic E-state index is 11.5. The van der Waals surface area contributed by atoms with Gasteiger partial charge in [0, 0.05) is 0 Å². The van der Waals surface area contributed by atoms with Gasteiger partial charge in [0.15, 0.2) is 9.84 Å². The van der Waals surface area contributed by atoms with E-state index in [2.05, 4.69) is 0 Å². The normalized spacial score (nSPS) is 11.3. The highest BCUT2D eigenvalue weighted by Gasteiger charge is 2.11. The smallest absolute Gasteiger partial charge is 0.161 e. The zero-order chi connectivity index (χ0) is 10.6. The summed E-state index contributed by atoms with van der Waals surface area (Å²) in [5.74, 6) is 0.548. The van der Waals surface area contributed by atoms with Gasteiger partial charge in [0.25, 0.3) is 0 Å². The van der Waals surface area contributed by atoms with Gasteiger partial charge in [-0.1, -0.05) is 11.6 Å². The lowest BCUT2D eigenvalue weighted by atomic mass is 10.3. The van der Waals surface area contributed by atoms with Crippen LogP contribution >= 0.6 is 0 Å². The molecule has 0 unspecified atom stereocenters. The van der Waals surface area contributed by atoms with Crippen molar-refractivity contribution in [1.29, 1.82) is 0 Å². The quantitative estimate of drug-likeness (QED) is 0.721. The Kier molecular flexibility index (Phi) is 3.52. The molecule has 0 N–H and O–H groups in total. The first-order chi connectivity index (χ1) is 6.49. The highest BCUT2D eigenvalue weighted by molar-refractivity contribution is 7.90. The Morgan fingerprint density at radius 1 is 1.50 bits per heavy atom. The van der Waals surface area contributed by atoms with Gasteiger partial charge in [-0.2, -0.15) is 0 Å². The number of rotatable bonds is 4. The van der Waals surface area contributed by atoms with Gasteiger partial charge < -0.3 is 4.42 Å². The molecule has 0 aliphatic rings. The number of allylic oxidation sites excluding steroid dienone is 1. The molecule has 14 heavy (non-hydrogen) atoms. The molecule has 1 aromatic rings. The average molecular weight is 214 g/mol. The van der Waals surface area contributed by atoms with E-state index in [0.717, 1.165) is 5.57 Å². The van der Waals surface area contributed by atoms with Crippen LogP contribution in [0.4, 0.5) is 0 Å². The minimum absolute atomic E-state index is 0.0240. The van der Waals surface area contributed by atoms with Crippen LogP contribution in [0.3, 0.4) is 0 Å². The fourth-order valence-electron chi connectivity index (χ4n) is 0.964. The number of furan rings is 1. The Bertz CT molecular complexity index is 395. The van der Waals surface area contributed by atoms with E-state index in [1.54, 1.807) is 18.2 Å². The molecule has 4 heteroatoms. The molecule has 0 aliphatic carbocycles. The van der Waals surface area contributed by atoms with E-state index in [0.29, 0.717) is 5.76 Å². The Morgan fingerprint density at radius 2 is 2.21 bits per heavy atom.